The van der Waals surface area contributed by atoms with Crippen LogP contribution < -0.4 is 15.9 Å². The standard InChI is InChI=1S/C22H22N6O4/c23-27-15(11-25-10-14-3-2-8-24-9-14)13-32-19-5-1-4-16-17(19)12-28(22(16)31)18-6-7-20(29)26-21(18)30/h1-5,8-9,11,18H,6-7,10,12-13,23H2,(H,26,29,30). The number of rotatable bonds is 7. The summed E-state index contributed by atoms with van der Waals surface area (Å²) in [5, 5.41) is 6.01. The number of ether oxygens (including phenoxy) is 1. The van der Waals surface area contributed by atoms with Crippen molar-refractivity contribution in [1.82, 2.24) is 15.2 Å². The fraction of sp³-hybridized carbons (Fsp3) is 0.273. The Morgan fingerprint density at radius 3 is 2.91 bits per heavy atom. The van der Waals surface area contributed by atoms with Gasteiger partial charge in [-0.2, -0.15) is 5.10 Å². The largest absolute Gasteiger partial charge is 0.487 e. The van der Waals surface area contributed by atoms with Crippen molar-refractivity contribution in [3.63, 3.8) is 0 Å². The molecule has 1 fully saturated rings. The van der Waals surface area contributed by atoms with E-state index in [0.29, 0.717) is 35.6 Å². The maximum absolute atomic E-state index is 12.9. The van der Waals surface area contributed by atoms with Gasteiger partial charge in [0.25, 0.3) is 5.91 Å². The van der Waals surface area contributed by atoms with Crippen molar-refractivity contribution in [3.8, 4) is 5.75 Å². The molecule has 10 heteroatoms. The molecule has 2 aliphatic rings. The number of imide groups is 1. The van der Waals surface area contributed by atoms with Crippen molar-refractivity contribution in [3.05, 3.63) is 59.4 Å². The number of hydrogen-bond acceptors (Lipinski definition) is 8. The van der Waals surface area contributed by atoms with Gasteiger partial charge in [-0.1, -0.05) is 12.1 Å². The molecule has 3 amide bonds. The van der Waals surface area contributed by atoms with Crippen molar-refractivity contribution in [2.45, 2.75) is 32.0 Å². The van der Waals surface area contributed by atoms with E-state index in [1.54, 1.807) is 30.6 Å². The Morgan fingerprint density at radius 1 is 1.28 bits per heavy atom. The molecule has 0 spiro atoms. The molecule has 1 aromatic heterocycles. The number of pyridine rings is 1. The van der Waals surface area contributed by atoms with Crippen LogP contribution in [-0.4, -0.2) is 52.2 Å². The van der Waals surface area contributed by atoms with Gasteiger partial charge in [0.15, 0.2) is 0 Å². The van der Waals surface area contributed by atoms with Gasteiger partial charge in [-0.15, -0.1) is 0 Å². The molecule has 164 valence electrons. The van der Waals surface area contributed by atoms with Crippen LogP contribution in [0.5, 0.6) is 5.75 Å². The topological polar surface area (TPSA) is 139 Å². The number of nitrogens with two attached hydrogens (primary N) is 1. The number of piperidine rings is 1. The van der Waals surface area contributed by atoms with Crippen LogP contribution in [0.2, 0.25) is 0 Å². The zero-order valence-electron chi connectivity index (χ0n) is 17.2. The summed E-state index contributed by atoms with van der Waals surface area (Å²) in [7, 11) is 0. The summed E-state index contributed by atoms with van der Waals surface area (Å²) in [6.45, 7) is 0.722. The second-order valence-corrected chi connectivity index (χ2v) is 7.42. The van der Waals surface area contributed by atoms with Crippen molar-refractivity contribution < 1.29 is 19.1 Å². The Labute approximate surface area is 184 Å². The number of carbonyl (C=O) groups excluding carboxylic acids is 3. The lowest BCUT2D eigenvalue weighted by atomic mass is 10.0. The van der Waals surface area contributed by atoms with E-state index < -0.39 is 11.9 Å². The Kier molecular flexibility index (Phi) is 6.20. The molecule has 2 aliphatic heterocycles. The SMILES string of the molecule is NN=C(C=NCc1cccnc1)COc1cccc2c1CN(C1CCC(=O)NC1=O)C2=O. The van der Waals surface area contributed by atoms with Gasteiger partial charge in [-0.25, -0.2) is 0 Å². The van der Waals surface area contributed by atoms with E-state index in [9.17, 15) is 14.4 Å². The van der Waals surface area contributed by atoms with E-state index in [2.05, 4.69) is 20.4 Å². The molecule has 0 bridgehead atoms. The summed E-state index contributed by atoms with van der Waals surface area (Å²) >= 11 is 0. The minimum Gasteiger partial charge on any atom is -0.487 e. The molecule has 0 radical (unpaired) electrons. The number of hydrazone groups is 1. The first-order valence-corrected chi connectivity index (χ1v) is 10.1. The molecule has 0 aliphatic carbocycles. The van der Waals surface area contributed by atoms with Crippen molar-refractivity contribution in [2.24, 2.45) is 15.9 Å². The quantitative estimate of drug-likeness (QED) is 0.286. The molecular weight excluding hydrogens is 412 g/mol. The third kappa shape index (κ3) is 4.48. The summed E-state index contributed by atoms with van der Waals surface area (Å²) in [6, 6.07) is 8.24. The van der Waals surface area contributed by atoms with E-state index >= 15 is 0 Å². The normalized spacial score (nSPS) is 18.8. The smallest absolute Gasteiger partial charge is 0.255 e. The molecule has 3 heterocycles. The van der Waals surface area contributed by atoms with Crippen LogP contribution in [0.25, 0.3) is 0 Å². The second kappa shape index (κ2) is 9.38. The lowest BCUT2D eigenvalue weighted by molar-refractivity contribution is -0.136. The van der Waals surface area contributed by atoms with Crippen LogP contribution in [0.1, 0.15) is 34.3 Å². The maximum Gasteiger partial charge on any atom is 0.255 e. The average Bonchev–Trinajstić information content (AvgIpc) is 3.14. The first kappa shape index (κ1) is 21.2. The first-order chi connectivity index (χ1) is 15.6. The van der Waals surface area contributed by atoms with Gasteiger partial charge in [-0.05, 0) is 30.2 Å². The lowest BCUT2D eigenvalue weighted by Crippen LogP contribution is -2.52. The minimum atomic E-state index is -0.679. The number of aliphatic imine (C=N–C) groups is 1. The molecule has 10 nitrogen and oxygen atoms in total. The van der Waals surface area contributed by atoms with Crippen LogP contribution in [0.15, 0.2) is 52.8 Å². The number of amides is 3. The molecule has 3 N–H and O–H groups in total. The summed E-state index contributed by atoms with van der Waals surface area (Å²) in [5.74, 6) is 4.94. The highest BCUT2D eigenvalue weighted by Crippen LogP contribution is 2.33. The van der Waals surface area contributed by atoms with E-state index in [-0.39, 0.29) is 31.4 Å². The van der Waals surface area contributed by atoms with E-state index in [1.165, 1.54) is 11.1 Å². The third-order valence-corrected chi connectivity index (χ3v) is 5.32. The molecular formula is C22H22N6O4. The van der Waals surface area contributed by atoms with Gasteiger partial charge < -0.3 is 15.5 Å². The zero-order valence-corrected chi connectivity index (χ0v) is 17.2. The van der Waals surface area contributed by atoms with Crippen LogP contribution >= 0.6 is 0 Å². The van der Waals surface area contributed by atoms with E-state index in [1.807, 2.05) is 12.1 Å². The Morgan fingerprint density at radius 2 is 2.16 bits per heavy atom. The molecule has 0 saturated carbocycles. The first-order valence-electron chi connectivity index (χ1n) is 10.1. The highest BCUT2D eigenvalue weighted by molar-refractivity contribution is 6.31. The minimum absolute atomic E-state index is 0.0656. The number of nitrogens with one attached hydrogen (secondary N) is 1. The zero-order chi connectivity index (χ0) is 22.5. The Hall–Kier alpha value is -4.08. The summed E-state index contributed by atoms with van der Waals surface area (Å²) in [4.78, 5) is 46.4. The number of nitrogens with zero attached hydrogens (tertiary/aromatic N) is 4. The molecule has 1 atom stereocenters. The number of carbonyl (C=O) groups is 3. The second-order valence-electron chi connectivity index (χ2n) is 7.42. The molecule has 4 rings (SSSR count). The van der Waals surface area contributed by atoms with E-state index in [4.69, 9.17) is 10.6 Å². The number of aromatic nitrogens is 1. The number of benzene rings is 1. The van der Waals surface area contributed by atoms with Crippen molar-refractivity contribution in [2.75, 3.05) is 6.61 Å². The Bertz CT molecular complexity index is 1100. The van der Waals surface area contributed by atoms with Gasteiger partial charge >= 0.3 is 0 Å². The predicted molar refractivity (Wildman–Crippen MR) is 116 cm³/mol. The summed E-state index contributed by atoms with van der Waals surface area (Å²) < 4.78 is 5.88. The number of hydrogen-bond donors (Lipinski definition) is 2. The number of fused-ring (bicyclic) bond motifs is 1. The third-order valence-electron chi connectivity index (χ3n) is 5.32. The van der Waals surface area contributed by atoms with Crippen molar-refractivity contribution >= 4 is 29.6 Å². The van der Waals surface area contributed by atoms with Crippen LogP contribution in [0.3, 0.4) is 0 Å². The Balaban J connectivity index is 1.42. The molecule has 1 saturated heterocycles. The molecule has 2 aromatic rings. The maximum atomic E-state index is 12.9. The van der Waals surface area contributed by atoms with Gasteiger partial charge in [0.1, 0.15) is 24.1 Å². The van der Waals surface area contributed by atoms with Crippen LogP contribution in [0.4, 0.5) is 0 Å². The molecule has 32 heavy (non-hydrogen) atoms. The van der Waals surface area contributed by atoms with Gasteiger partial charge in [-0.3, -0.25) is 29.7 Å². The highest BCUT2D eigenvalue weighted by Gasteiger charge is 2.40. The molecule has 1 unspecified atom stereocenters. The highest BCUT2D eigenvalue weighted by atomic mass is 16.5. The predicted octanol–water partition coefficient (Wildman–Crippen LogP) is 0.807. The van der Waals surface area contributed by atoms with Gasteiger partial charge in [0.2, 0.25) is 11.8 Å². The van der Waals surface area contributed by atoms with Crippen LogP contribution in [0, 0.1) is 0 Å². The van der Waals surface area contributed by atoms with Gasteiger partial charge in [0.05, 0.1) is 13.1 Å². The van der Waals surface area contributed by atoms with Crippen LogP contribution in [-0.2, 0) is 22.7 Å². The molecule has 1 aromatic carbocycles. The fourth-order valence-corrected chi connectivity index (χ4v) is 3.70. The fourth-order valence-electron chi connectivity index (χ4n) is 3.70. The monoisotopic (exact) mass is 434 g/mol. The summed E-state index contributed by atoms with van der Waals surface area (Å²) in [6.07, 6.45) is 5.47. The van der Waals surface area contributed by atoms with E-state index in [0.717, 1.165) is 5.56 Å². The van der Waals surface area contributed by atoms with Gasteiger partial charge in [0, 0.05) is 36.2 Å². The van der Waals surface area contributed by atoms with Crippen molar-refractivity contribution in [1.29, 1.82) is 0 Å². The summed E-state index contributed by atoms with van der Waals surface area (Å²) in [5.41, 5.74) is 2.54. The average molecular weight is 434 g/mol. The lowest BCUT2D eigenvalue weighted by Gasteiger charge is -2.29.